The highest BCUT2D eigenvalue weighted by Crippen LogP contribution is 2.12. The van der Waals surface area contributed by atoms with Gasteiger partial charge in [0.2, 0.25) is 0 Å². The minimum absolute atomic E-state index is 0.265. The van der Waals surface area contributed by atoms with Crippen LogP contribution in [0, 0.1) is 6.92 Å². The second-order valence-electron chi connectivity index (χ2n) is 5.97. The second-order valence-corrected chi connectivity index (χ2v) is 5.97. The van der Waals surface area contributed by atoms with Gasteiger partial charge in [0.25, 0.3) is 0 Å². The largest absolute Gasteiger partial charge is 0.393 e. The Morgan fingerprint density at radius 1 is 1.00 bits per heavy atom. The van der Waals surface area contributed by atoms with Gasteiger partial charge in [0, 0.05) is 25.0 Å². The summed E-state index contributed by atoms with van der Waals surface area (Å²) in [4.78, 5) is 0. The Labute approximate surface area is 133 Å². The number of nitrogens with zero attached hydrogens (tertiary/aromatic N) is 1. The number of aliphatic hydroxyl groups excluding tert-OH is 1. The molecule has 0 radical (unpaired) electrons. The van der Waals surface area contributed by atoms with Crippen molar-refractivity contribution in [1.29, 1.82) is 0 Å². The first-order valence-corrected chi connectivity index (χ1v) is 8.02. The number of aliphatic hydroxyl groups is 1. The van der Waals surface area contributed by atoms with Gasteiger partial charge in [-0.15, -0.1) is 0 Å². The van der Waals surface area contributed by atoms with E-state index in [0.29, 0.717) is 6.04 Å². The lowest BCUT2D eigenvalue weighted by Crippen LogP contribution is -2.39. The maximum absolute atomic E-state index is 9.58. The summed E-state index contributed by atoms with van der Waals surface area (Å²) in [7, 11) is 0. The second kappa shape index (κ2) is 7.90. The fourth-order valence-electron chi connectivity index (χ4n) is 2.57. The monoisotopic (exact) mass is 296 g/mol. The zero-order valence-electron chi connectivity index (χ0n) is 13.7. The predicted molar refractivity (Wildman–Crippen MR) is 92.4 cm³/mol. The van der Waals surface area contributed by atoms with Crippen molar-refractivity contribution < 1.29 is 9.67 Å². The number of rotatable bonds is 6. The van der Waals surface area contributed by atoms with Crippen molar-refractivity contribution in [2.45, 2.75) is 45.8 Å². The van der Waals surface area contributed by atoms with Crippen LogP contribution in [-0.4, -0.2) is 11.2 Å². The minimum Gasteiger partial charge on any atom is -0.393 e. The molecule has 0 bridgehead atoms. The average molecular weight is 296 g/mol. The first-order valence-electron chi connectivity index (χ1n) is 8.02. The van der Waals surface area contributed by atoms with Gasteiger partial charge in [0.05, 0.1) is 6.10 Å². The molecular weight excluding hydrogens is 270 g/mol. The zero-order valence-corrected chi connectivity index (χ0v) is 13.7. The molecule has 0 aliphatic rings. The molecule has 0 aliphatic carbocycles. The van der Waals surface area contributed by atoms with E-state index < -0.39 is 0 Å². The SMILES string of the molecule is CCC(CC(C)O)[n+]1ccc(/C=C\c2ccc(C)cc2)cc1. The summed E-state index contributed by atoms with van der Waals surface area (Å²) >= 11 is 0. The fourth-order valence-corrected chi connectivity index (χ4v) is 2.57. The summed E-state index contributed by atoms with van der Waals surface area (Å²) in [6.07, 6.45) is 10.0. The van der Waals surface area contributed by atoms with E-state index in [1.165, 1.54) is 16.7 Å². The van der Waals surface area contributed by atoms with Crippen molar-refractivity contribution in [3.8, 4) is 0 Å². The van der Waals surface area contributed by atoms with E-state index in [9.17, 15) is 5.11 Å². The van der Waals surface area contributed by atoms with E-state index in [1.807, 2.05) is 6.92 Å². The third-order valence-corrected chi connectivity index (χ3v) is 3.93. The number of benzene rings is 1. The Hall–Kier alpha value is -1.93. The van der Waals surface area contributed by atoms with Crippen molar-refractivity contribution in [3.05, 3.63) is 65.5 Å². The molecule has 2 aromatic rings. The average Bonchev–Trinajstić information content (AvgIpc) is 2.52. The molecule has 2 atom stereocenters. The summed E-state index contributed by atoms with van der Waals surface area (Å²) in [6.45, 7) is 6.11. The van der Waals surface area contributed by atoms with Crippen LogP contribution in [0.15, 0.2) is 48.8 Å². The van der Waals surface area contributed by atoms with Crippen molar-refractivity contribution in [1.82, 2.24) is 0 Å². The Morgan fingerprint density at radius 3 is 2.05 bits per heavy atom. The Balaban J connectivity index is 2.06. The lowest BCUT2D eigenvalue weighted by molar-refractivity contribution is -0.724. The molecular formula is C20H26NO+. The molecule has 0 amide bonds. The molecule has 2 heteroatoms. The molecule has 0 fully saturated rings. The number of pyridine rings is 1. The molecule has 0 saturated carbocycles. The van der Waals surface area contributed by atoms with Crippen LogP contribution in [0.4, 0.5) is 0 Å². The van der Waals surface area contributed by atoms with E-state index in [-0.39, 0.29) is 6.10 Å². The molecule has 0 aliphatic heterocycles. The van der Waals surface area contributed by atoms with E-state index in [4.69, 9.17) is 0 Å². The van der Waals surface area contributed by atoms with E-state index >= 15 is 0 Å². The van der Waals surface area contributed by atoms with Gasteiger partial charge in [-0.1, -0.05) is 48.9 Å². The van der Waals surface area contributed by atoms with Gasteiger partial charge in [0.15, 0.2) is 18.4 Å². The van der Waals surface area contributed by atoms with E-state index in [0.717, 1.165) is 12.8 Å². The maximum atomic E-state index is 9.58. The van der Waals surface area contributed by atoms with E-state index in [1.54, 1.807) is 0 Å². The van der Waals surface area contributed by atoms with Crippen LogP contribution in [0.1, 0.15) is 49.4 Å². The highest BCUT2D eigenvalue weighted by Gasteiger charge is 2.17. The van der Waals surface area contributed by atoms with Crippen molar-refractivity contribution in [2.24, 2.45) is 0 Å². The zero-order chi connectivity index (χ0) is 15.9. The predicted octanol–water partition coefficient (Wildman–Crippen LogP) is 4.17. The van der Waals surface area contributed by atoms with Crippen LogP contribution in [0.5, 0.6) is 0 Å². The number of hydrogen-bond acceptors (Lipinski definition) is 1. The Bertz CT molecular complexity index is 597. The molecule has 1 N–H and O–H groups in total. The van der Waals surface area contributed by atoms with Gasteiger partial charge in [-0.25, -0.2) is 4.57 Å². The van der Waals surface area contributed by atoms with Crippen molar-refractivity contribution >= 4 is 12.2 Å². The molecule has 2 nitrogen and oxygen atoms in total. The molecule has 0 spiro atoms. The quantitative estimate of drug-likeness (QED) is 0.795. The van der Waals surface area contributed by atoms with Crippen molar-refractivity contribution in [3.63, 3.8) is 0 Å². The minimum atomic E-state index is -0.265. The smallest absolute Gasteiger partial charge is 0.169 e. The Morgan fingerprint density at radius 2 is 1.55 bits per heavy atom. The first-order chi connectivity index (χ1) is 10.6. The van der Waals surface area contributed by atoms with Gasteiger partial charge in [-0.2, -0.15) is 0 Å². The van der Waals surface area contributed by atoms with Crippen LogP contribution in [0.2, 0.25) is 0 Å². The molecule has 0 saturated heterocycles. The third kappa shape index (κ3) is 4.81. The summed E-state index contributed by atoms with van der Waals surface area (Å²) in [6, 6.07) is 13.1. The van der Waals surface area contributed by atoms with E-state index in [2.05, 4.69) is 79.4 Å². The molecule has 2 rings (SSSR count). The first kappa shape index (κ1) is 16.4. The van der Waals surface area contributed by atoms with Gasteiger partial charge < -0.3 is 5.11 Å². The normalized spacial score (nSPS) is 14.2. The van der Waals surface area contributed by atoms with Crippen LogP contribution in [-0.2, 0) is 0 Å². The maximum Gasteiger partial charge on any atom is 0.169 e. The highest BCUT2D eigenvalue weighted by atomic mass is 16.3. The molecule has 2 unspecified atom stereocenters. The summed E-state index contributed by atoms with van der Waals surface area (Å²) in [5.41, 5.74) is 3.67. The van der Waals surface area contributed by atoms with Gasteiger partial charge in [-0.05, 0) is 25.0 Å². The molecule has 1 heterocycles. The number of aryl methyl sites for hydroxylation is 1. The molecule has 1 aromatic carbocycles. The van der Waals surface area contributed by atoms with Crippen LogP contribution < -0.4 is 4.57 Å². The lowest BCUT2D eigenvalue weighted by Gasteiger charge is -2.12. The molecule has 1 aromatic heterocycles. The fraction of sp³-hybridized carbons (Fsp3) is 0.350. The van der Waals surface area contributed by atoms with Crippen molar-refractivity contribution in [2.75, 3.05) is 0 Å². The lowest BCUT2D eigenvalue weighted by atomic mass is 10.1. The van der Waals surface area contributed by atoms with Gasteiger partial charge >= 0.3 is 0 Å². The van der Waals surface area contributed by atoms with Crippen LogP contribution in [0.3, 0.4) is 0 Å². The third-order valence-electron chi connectivity index (χ3n) is 3.93. The number of aromatic nitrogens is 1. The van der Waals surface area contributed by atoms with Gasteiger partial charge in [0.1, 0.15) is 0 Å². The molecule has 22 heavy (non-hydrogen) atoms. The van der Waals surface area contributed by atoms with Crippen LogP contribution >= 0.6 is 0 Å². The van der Waals surface area contributed by atoms with Gasteiger partial charge in [-0.3, -0.25) is 0 Å². The highest BCUT2D eigenvalue weighted by molar-refractivity contribution is 5.69. The topological polar surface area (TPSA) is 24.1 Å². The number of hydrogen-bond donors (Lipinski definition) is 1. The van der Waals surface area contributed by atoms with Crippen LogP contribution in [0.25, 0.3) is 12.2 Å². The summed E-state index contributed by atoms with van der Waals surface area (Å²) in [5.74, 6) is 0. The standard InChI is InChI=1S/C20H26NO/c1-4-20(15-17(3)22)21-13-11-19(12-14-21)10-9-18-7-5-16(2)6-8-18/h5-14,17,20,22H,4,15H2,1-3H3/q+1/b10-9-. The summed E-state index contributed by atoms with van der Waals surface area (Å²) in [5, 5.41) is 9.58. The molecule has 116 valence electrons. The summed E-state index contributed by atoms with van der Waals surface area (Å²) < 4.78 is 2.19. The Kier molecular flexibility index (Phi) is 5.91.